The van der Waals surface area contributed by atoms with E-state index >= 15 is 0 Å². The summed E-state index contributed by atoms with van der Waals surface area (Å²) in [5.41, 5.74) is 0.767. The van der Waals surface area contributed by atoms with Gasteiger partial charge in [-0.05, 0) is 45.2 Å². The molecule has 4 rings (SSSR count). The number of hydrogen-bond acceptors (Lipinski definition) is 5. The van der Waals surface area contributed by atoms with Crippen molar-refractivity contribution in [3.8, 4) is 0 Å². The monoisotopic (exact) mass is 539 g/mol. The van der Waals surface area contributed by atoms with Gasteiger partial charge in [-0.15, -0.1) is 24.9 Å². The molecule has 8 heteroatoms. The van der Waals surface area contributed by atoms with E-state index < -0.39 is 28.7 Å². The predicted molar refractivity (Wildman–Crippen MR) is 153 cm³/mol. The van der Waals surface area contributed by atoms with Crippen molar-refractivity contribution in [2.45, 2.75) is 74.6 Å². The van der Waals surface area contributed by atoms with Crippen LogP contribution in [0.25, 0.3) is 0 Å². The highest BCUT2D eigenvalue weighted by Gasteiger charge is 2.74. The molecule has 3 heterocycles. The molecular formula is C30H41N3O4S. The fraction of sp³-hybridized carbons (Fsp3) is 0.567. The Kier molecular flexibility index (Phi) is 8.72. The number of anilines is 1. The molecule has 1 N–H and O–H groups in total. The standard InChI is InChI=1S/C30H41N3O4S/c1-6-12-20(4)31(17-7-2)29(37)26-30-16-15-23(38-30)24(25(30)28(36)33(26)21(5)19-34)27(35)32(18-8-3)22-13-10-9-11-14-22/h7-11,13-14,20-21,23-26,34H,2-3,6,12,15-19H2,1,4-5H3/t20?,21-,23+,24-,25+,26?,30?/m1/s1. The van der Waals surface area contributed by atoms with Crippen LogP contribution in [0.5, 0.6) is 0 Å². The number of thioether (sulfide) groups is 1. The molecule has 0 aromatic heterocycles. The number of amides is 3. The zero-order chi connectivity index (χ0) is 27.6. The minimum atomic E-state index is -0.723. The van der Waals surface area contributed by atoms with Crippen LogP contribution in [0, 0.1) is 11.8 Å². The van der Waals surface area contributed by atoms with Gasteiger partial charge in [0.2, 0.25) is 17.7 Å². The molecule has 3 aliphatic rings. The molecule has 7 nitrogen and oxygen atoms in total. The summed E-state index contributed by atoms with van der Waals surface area (Å²) in [7, 11) is 0. The smallest absolute Gasteiger partial charge is 0.247 e. The maximum absolute atomic E-state index is 14.4. The van der Waals surface area contributed by atoms with Gasteiger partial charge in [-0.1, -0.05) is 43.7 Å². The van der Waals surface area contributed by atoms with Crippen LogP contribution in [-0.4, -0.2) is 80.4 Å². The normalized spacial score (nSPS) is 29.1. The van der Waals surface area contributed by atoms with Crippen LogP contribution in [0.1, 0.15) is 46.5 Å². The lowest BCUT2D eigenvalue weighted by atomic mass is 9.70. The second-order valence-electron chi connectivity index (χ2n) is 10.8. The Labute approximate surface area is 230 Å². The molecule has 1 aromatic rings. The van der Waals surface area contributed by atoms with Crippen LogP contribution in [-0.2, 0) is 14.4 Å². The summed E-state index contributed by atoms with van der Waals surface area (Å²) < 4.78 is -0.690. The number of nitrogens with zero attached hydrogens (tertiary/aromatic N) is 3. The van der Waals surface area contributed by atoms with Crippen LogP contribution in [0.2, 0.25) is 0 Å². The number of likely N-dealkylation sites (tertiary alicyclic amines) is 1. The molecule has 3 fully saturated rings. The average molecular weight is 540 g/mol. The molecule has 38 heavy (non-hydrogen) atoms. The van der Waals surface area contributed by atoms with Crippen molar-refractivity contribution in [2.75, 3.05) is 24.6 Å². The van der Waals surface area contributed by atoms with Gasteiger partial charge in [0.1, 0.15) is 6.04 Å². The zero-order valence-electron chi connectivity index (χ0n) is 22.8. The van der Waals surface area contributed by atoms with Crippen molar-refractivity contribution >= 4 is 35.2 Å². The van der Waals surface area contributed by atoms with Gasteiger partial charge in [-0.2, -0.15) is 0 Å². The van der Waals surface area contributed by atoms with Crippen LogP contribution in [0.4, 0.5) is 5.69 Å². The zero-order valence-corrected chi connectivity index (χ0v) is 23.6. The highest BCUT2D eigenvalue weighted by molar-refractivity contribution is 8.02. The van der Waals surface area contributed by atoms with Gasteiger partial charge < -0.3 is 19.8 Å². The maximum atomic E-state index is 14.4. The minimum absolute atomic E-state index is 0.00969. The van der Waals surface area contributed by atoms with Crippen molar-refractivity contribution < 1.29 is 19.5 Å². The van der Waals surface area contributed by atoms with E-state index in [4.69, 9.17) is 0 Å². The van der Waals surface area contributed by atoms with Crippen LogP contribution in [0.3, 0.4) is 0 Å². The highest BCUT2D eigenvalue weighted by Crippen LogP contribution is 2.67. The van der Waals surface area contributed by atoms with E-state index in [2.05, 4.69) is 20.1 Å². The van der Waals surface area contributed by atoms with Crippen LogP contribution in [0.15, 0.2) is 55.6 Å². The lowest BCUT2D eigenvalue weighted by molar-refractivity contribution is -0.146. The third-order valence-electron chi connectivity index (χ3n) is 8.49. The minimum Gasteiger partial charge on any atom is -0.394 e. The van der Waals surface area contributed by atoms with E-state index in [1.165, 1.54) is 0 Å². The molecular weight excluding hydrogens is 498 g/mol. The van der Waals surface area contributed by atoms with Crippen molar-refractivity contribution in [1.82, 2.24) is 9.80 Å². The first-order chi connectivity index (χ1) is 18.3. The van der Waals surface area contributed by atoms with Gasteiger partial charge in [0, 0.05) is 30.1 Å². The van der Waals surface area contributed by atoms with Crippen molar-refractivity contribution in [1.29, 1.82) is 0 Å². The van der Waals surface area contributed by atoms with E-state index in [-0.39, 0.29) is 35.6 Å². The summed E-state index contributed by atoms with van der Waals surface area (Å²) in [5, 5.41) is 10.1. The Morgan fingerprint density at radius 1 is 1.18 bits per heavy atom. The number of carbonyl (C=O) groups excluding carboxylic acids is 3. The lowest BCUT2D eigenvalue weighted by Crippen LogP contribution is -2.58. The molecule has 1 spiro atoms. The molecule has 7 atom stereocenters. The Morgan fingerprint density at radius 3 is 2.47 bits per heavy atom. The SMILES string of the molecule is C=CCN(C(=O)[C@@H]1[C@@H]2CCC3(S2)C(C(=O)N(CC=C)C(C)CCC)N([C@H](C)CO)C(=O)[C@H]13)c1ccccc1. The number of fused-ring (bicyclic) bond motifs is 1. The first kappa shape index (κ1) is 28.4. The van der Waals surface area contributed by atoms with Crippen LogP contribution < -0.4 is 4.90 Å². The van der Waals surface area contributed by atoms with Gasteiger partial charge in [0.15, 0.2) is 0 Å². The van der Waals surface area contributed by atoms with E-state index in [1.54, 1.807) is 40.6 Å². The van der Waals surface area contributed by atoms with Crippen molar-refractivity contribution in [3.05, 3.63) is 55.6 Å². The summed E-state index contributed by atoms with van der Waals surface area (Å²) >= 11 is 1.66. The molecule has 3 amide bonds. The fourth-order valence-corrected chi connectivity index (χ4v) is 9.00. The summed E-state index contributed by atoms with van der Waals surface area (Å²) in [4.78, 5) is 47.9. The first-order valence-electron chi connectivity index (χ1n) is 13.8. The number of aliphatic hydroxyl groups is 1. The molecule has 0 saturated carbocycles. The van der Waals surface area contributed by atoms with Crippen molar-refractivity contribution in [3.63, 3.8) is 0 Å². The van der Waals surface area contributed by atoms with Gasteiger partial charge in [-0.25, -0.2) is 0 Å². The summed E-state index contributed by atoms with van der Waals surface area (Å²) in [6.07, 6.45) is 6.68. The maximum Gasteiger partial charge on any atom is 0.247 e. The number of hydrogen-bond donors (Lipinski definition) is 1. The molecule has 3 aliphatic heterocycles. The Bertz CT molecular complexity index is 1060. The molecule has 0 radical (unpaired) electrons. The Balaban J connectivity index is 1.76. The van der Waals surface area contributed by atoms with Crippen LogP contribution >= 0.6 is 11.8 Å². The van der Waals surface area contributed by atoms with E-state index in [0.29, 0.717) is 19.5 Å². The topological polar surface area (TPSA) is 81.2 Å². The van der Waals surface area contributed by atoms with Crippen molar-refractivity contribution in [2.24, 2.45) is 11.8 Å². The Morgan fingerprint density at radius 2 is 1.87 bits per heavy atom. The quantitative estimate of drug-likeness (QED) is 0.408. The number of para-hydroxylation sites is 1. The number of carbonyl (C=O) groups is 3. The third-order valence-corrected chi connectivity index (χ3v) is 10.4. The summed E-state index contributed by atoms with van der Waals surface area (Å²) in [6.45, 7) is 14.1. The van der Waals surface area contributed by atoms with Gasteiger partial charge in [-0.3, -0.25) is 14.4 Å². The predicted octanol–water partition coefficient (Wildman–Crippen LogP) is 3.88. The molecule has 206 valence electrons. The fourth-order valence-electron chi connectivity index (χ4n) is 6.81. The number of aliphatic hydroxyl groups excluding tert-OH is 1. The van der Waals surface area contributed by atoms with E-state index in [1.807, 2.05) is 42.2 Å². The third kappa shape index (κ3) is 4.60. The summed E-state index contributed by atoms with van der Waals surface area (Å²) in [6, 6.07) is 8.21. The number of rotatable bonds is 12. The largest absolute Gasteiger partial charge is 0.394 e. The molecule has 3 unspecified atom stereocenters. The lowest BCUT2D eigenvalue weighted by Gasteiger charge is -2.40. The average Bonchev–Trinajstić information content (AvgIpc) is 3.57. The van der Waals surface area contributed by atoms with Gasteiger partial charge in [0.25, 0.3) is 0 Å². The molecule has 2 bridgehead atoms. The molecule has 1 aromatic carbocycles. The first-order valence-corrected chi connectivity index (χ1v) is 14.6. The molecule has 3 saturated heterocycles. The second-order valence-corrected chi connectivity index (χ2v) is 12.4. The Hall–Kier alpha value is -2.58. The number of benzene rings is 1. The molecule has 0 aliphatic carbocycles. The van der Waals surface area contributed by atoms with Gasteiger partial charge in [0.05, 0.1) is 29.2 Å². The summed E-state index contributed by atoms with van der Waals surface area (Å²) in [5.74, 6) is -1.53. The van der Waals surface area contributed by atoms with E-state index in [9.17, 15) is 19.5 Å². The van der Waals surface area contributed by atoms with Gasteiger partial charge >= 0.3 is 0 Å². The highest BCUT2D eigenvalue weighted by atomic mass is 32.2. The van der Waals surface area contributed by atoms with E-state index in [0.717, 1.165) is 24.9 Å². The second kappa shape index (κ2) is 11.7.